The van der Waals surface area contributed by atoms with Crippen LogP contribution in [0.25, 0.3) is 6.08 Å². The number of aryl methyl sites for hydroxylation is 1. The lowest BCUT2D eigenvalue weighted by molar-refractivity contribution is -0.116. The van der Waals surface area contributed by atoms with Crippen LogP contribution in [0.5, 0.6) is 0 Å². The van der Waals surface area contributed by atoms with Crippen molar-refractivity contribution >= 4 is 45.7 Å². The zero-order chi connectivity index (χ0) is 20.2. The maximum absolute atomic E-state index is 12.8. The van der Waals surface area contributed by atoms with Gasteiger partial charge in [0.15, 0.2) is 5.13 Å². The van der Waals surface area contributed by atoms with Gasteiger partial charge in [0.2, 0.25) is 5.91 Å². The lowest BCUT2D eigenvalue weighted by Gasteiger charge is -2.28. The normalized spacial score (nSPS) is 13.3. The van der Waals surface area contributed by atoms with E-state index >= 15 is 0 Å². The zero-order valence-corrected chi connectivity index (χ0v) is 16.9. The molecule has 1 aromatic heterocycles. The van der Waals surface area contributed by atoms with Crippen LogP contribution in [0.15, 0.2) is 66.1 Å². The first-order valence-corrected chi connectivity index (χ1v) is 10.4. The van der Waals surface area contributed by atoms with Crippen LogP contribution in [0.2, 0.25) is 0 Å². The summed E-state index contributed by atoms with van der Waals surface area (Å²) < 4.78 is 0. The van der Waals surface area contributed by atoms with E-state index in [1.807, 2.05) is 58.8 Å². The molecule has 0 aliphatic carbocycles. The smallest absolute Gasteiger partial charge is 0.251 e. The topological polar surface area (TPSA) is 53.5 Å². The Morgan fingerprint density at radius 3 is 2.66 bits per heavy atom. The van der Waals surface area contributed by atoms with E-state index in [0.717, 1.165) is 24.2 Å². The van der Waals surface area contributed by atoms with Gasteiger partial charge in [-0.3, -0.25) is 14.5 Å². The van der Waals surface area contributed by atoms with Crippen LogP contribution in [0.4, 0.5) is 16.5 Å². The van der Waals surface area contributed by atoms with E-state index in [9.17, 15) is 9.59 Å². The Kier molecular flexibility index (Phi) is 5.53. The SMILES string of the molecule is CC(=O)N(c1ccccc1)c1nc(/C=C/C(=O)N2CCCc3ccccc32)cs1. The molecule has 0 bridgehead atoms. The average molecular weight is 404 g/mol. The van der Waals surface area contributed by atoms with Crippen molar-refractivity contribution in [3.63, 3.8) is 0 Å². The molecule has 0 fully saturated rings. The predicted octanol–water partition coefficient (Wildman–Crippen LogP) is 4.82. The first kappa shape index (κ1) is 19.1. The second-order valence-corrected chi connectivity index (χ2v) is 7.64. The van der Waals surface area contributed by atoms with Gasteiger partial charge in [-0.25, -0.2) is 4.98 Å². The molecule has 6 heteroatoms. The van der Waals surface area contributed by atoms with Crippen molar-refractivity contribution in [3.05, 3.63) is 77.3 Å². The predicted molar refractivity (Wildman–Crippen MR) is 118 cm³/mol. The molecule has 0 N–H and O–H groups in total. The van der Waals surface area contributed by atoms with Gasteiger partial charge >= 0.3 is 0 Å². The van der Waals surface area contributed by atoms with Gasteiger partial charge in [-0.2, -0.15) is 0 Å². The van der Waals surface area contributed by atoms with Crippen LogP contribution in [0.3, 0.4) is 0 Å². The molecule has 4 rings (SSSR count). The number of hydrogen-bond acceptors (Lipinski definition) is 4. The lowest BCUT2D eigenvalue weighted by Crippen LogP contribution is -2.34. The third-order valence-electron chi connectivity index (χ3n) is 4.80. The van der Waals surface area contributed by atoms with Crippen LogP contribution in [0.1, 0.15) is 24.6 Å². The molecule has 3 aromatic rings. The van der Waals surface area contributed by atoms with Gasteiger partial charge in [0.1, 0.15) is 0 Å². The molecular weight excluding hydrogens is 382 g/mol. The number of carbonyl (C=O) groups excluding carboxylic acids is 2. The molecule has 0 unspecified atom stereocenters. The molecule has 1 aliphatic rings. The maximum atomic E-state index is 12.8. The fraction of sp³-hybridized carbons (Fsp3) is 0.174. The van der Waals surface area contributed by atoms with Crippen LogP contribution in [-0.4, -0.2) is 23.3 Å². The minimum atomic E-state index is -0.109. The van der Waals surface area contributed by atoms with Gasteiger partial charge < -0.3 is 4.90 Å². The van der Waals surface area contributed by atoms with Gasteiger partial charge in [-0.05, 0) is 42.7 Å². The van der Waals surface area contributed by atoms with Crippen molar-refractivity contribution in [3.8, 4) is 0 Å². The largest absolute Gasteiger partial charge is 0.309 e. The minimum absolute atomic E-state index is 0.0572. The molecular formula is C23H21N3O2S. The molecule has 0 atom stereocenters. The number of hydrogen-bond donors (Lipinski definition) is 0. The molecule has 2 amide bonds. The lowest BCUT2D eigenvalue weighted by atomic mass is 10.0. The Bertz CT molecular complexity index is 1060. The van der Waals surface area contributed by atoms with Crippen molar-refractivity contribution in [2.24, 2.45) is 0 Å². The molecule has 0 radical (unpaired) electrons. The minimum Gasteiger partial charge on any atom is -0.309 e. The molecule has 5 nitrogen and oxygen atoms in total. The molecule has 146 valence electrons. The van der Waals surface area contributed by atoms with Gasteiger partial charge in [0.05, 0.1) is 11.4 Å². The van der Waals surface area contributed by atoms with Gasteiger partial charge in [-0.1, -0.05) is 36.4 Å². The summed E-state index contributed by atoms with van der Waals surface area (Å²) in [6, 6.07) is 17.4. The first-order valence-electron chi connectivity index (χ1n) is 9.52. The second kappa shape index (κ2) is 8.41. The standard InChI is InChI=1S/C23H21N3O2S/c1-17(27)26(20-10-3-2-4-11-20)23-24-19(16-29-23)13-14-22(28)25-15-7-9-18-8-5-6-12-21(18)25/h2-6,8,10-14,16H,7,9,15H2,1H3/b14-13+. The van der Waals surface area contributed by atoms with Crippen LogP contribution < -0.4 is 9.80 Å². The molecule has 29 heavy (non-hydrogen) atoms. The van der Waals surface area contributed by atoms with E-state index in [1.54, 1.807) is 17.1 Å². The van der Waals surface area contributed by atoms with E-state index < -0.39 is 0 Å². The highest BCUT2D eigenvalue weighted by molar-refractivity contribution is 7.14. The van der Waals surface area contributed by atoms with Gasteiger partial charge in [-0.15, -0.1) is 11.3 Å². The summed E-state index contributed by atoms with van der Waals surface area (Å²) in [6.45, 7) is 2.23. The summed E-state index contributed by atoms with van der Waals surface area (Å²) in [7, 11) is 0. The average Bonchev–Trinajstić information content (AvgIpc) is 3.20. The highest BCUT2D eigenvalue weighted by Crippen LogP contribution is 2.30. The highest BCUT2D eigenvalue weighted by atomic mass is 32.1. The van der Waals surface area contributed by atoms with Crippen molar-refractivity contribution in [1.82, 2.24) is 4.98 Å². The number of para-hydroxylation sites is 2. The molecule has 2 aromatic carbocycles. The fourth-order valence-electron chi connectivity index (χ4n) is 3.47. The number of nitrogens with zero attached hydrogens (tertiary/aromatic N) is 3. The van der Waals surface area contributed by atoms with Gasteiger partial charge in [0.25, 0.3) is 5.91 Å². The summed E-state index contributed by atoms with van der Waals surface area (Å²) in [5.41, 5.74) is 3.62. The van der Waals surface area contributed by atoms with Crippen LogP contribution in [0, 0.1) is 0 Å². The maximum Gasteiger partial charge on any atom is 0.251 e. The molecule has 2 heterocycles. The Labute approximate surface area is 173 Å². The van der Waals surface area contributed by atoms with E-state index in [1.165, 1.54) is 23.8 Å². The number of thiazole rings is 1. The Morgan fingerprint density at radius 1 is 1.10 bits per heavy atom. The van der Waals surface area contributed by atoms with Crippen LogP contribution in [-0.2, 0) is 16.0 Å². The summed E-state index contributed by atoms with van der Waals surface area (Å²) in [6.07, 6.45) is 5.23. The molecule has 0 saturated carbocycles. The summed E-state index contributed by atoms with van der Waals surface area (Å²) >= 11 is 1.37. The molecule has 0 saturated heterocycles. The van der Waals surface area contributed by atoms with Crippen molar-refractivity contribution < 1.29 is 9.59 Å². The molecule has 0 spiro atoms. The fourth-order valence-corrected chi connectivity index (χ4v) is 4.32. The van der Waals surface area contributed by atoms with Crippen molar-refractivity contribution in [2.45, 2.75) is 19.8 Å². The zero-order valence-electron chi connectivity index (χ0n) is 16.1. The van der Waals surface area contributed by atoms with E-state index in [0.29, 0.717) is 17.4 Å². The monoisotopic (exact) mass is 403 g/mol. The van der Waals surface area contributed by atoms with Crippen LogP contribution >= 0.6 is 11.3 Å². The molecule has 1 aliphatic heterocycles. The third kappa shape index (κ3) is 4.12. The number of fused-ring (bicyclic) bond motifs is 1. The second-order valence-electron chi connectivity index (χ2n) is 6.80. The number of aromatic nitrogens is 1. The summed E-state index contributed by atoms with van der Waals surface area (Å²) in [4.78, 5) is 32.8. The first-order chi connectivity index (χ1) is 14.1. The number of amides is 2. The van der Waals surface area contributed by atoms with Gasteiger partial charge in [0, 0.05) is 30.6 Å². The summed E-state index contributed by atoms with van der Waals surface area (Å²) in [5.74, 6) is -0.166. The number of anilines is 3. The number of rotatable bonds is 4. The quantitative estimate of drug-likeness (QED) is 0.587. The van der Waals surface area contributed by atoms with E-state index in [2.05, 4.69) is 11.1 Å². The Balaban J connectivity index is 1.53. The summed E-state index contributed by atoms with van der Waals surface area (Å²) in [5, 5.41) is 2.43. The van der Waals surface area contributed by atoms with Crippen molar-refractivity contribution in [2.75, 3.05) is 16.3 Å². The highest BCUT2D eigenvalue weighted by Gasteiger charge is 2.21. The Morgan fingerprint density at radius 2 is 1.86 bits per heavy atom. The van der Waals surface area contributed by atoms with E-state index in [-0.39, 0.29) is 11.8 Å². The third-order valence-corrected chi connectivity index (χ3v) is 5.65. The number of carbonyl (C=O) groups is 2. The number of benzene rings is 2. The Hall–Kier alpha value is -3.25. The van der Waals surface area contributed by atoms with E-state index in [4.69, 9.17) is 0 Å². The van der Waals surface area contributed by atoms with Crippen molar-refractivity contribution in [1.29, 1.82) is 0 Å².